The van der Waals surface area contributed by atoms with E-state index in [9.17, 15) is 0 Å². The van der Waals surface area contributed by atoms with E-state index in [2.05, 4.69) is 199 Å². The number of anilines is 3. The molecule has 0 radical (unpaired) electrons. The van der Waals surface area contributed by atoms with Crippen LogP contribution in [0.5, 0.6) is 0 Å². The molecule has 12 rings (SSSR count). The molecule has 1 aliphatic rings. The smallest absolute Gasteiger partial charge is 0.136 e. The summed E-state index contributed by atoms with van der Waals surface area (Å²) in [4.78, 5) is 2.39. The lowest BCUT2D eigenvalue weighted by Crippen LogP contribution is -2.11. The largest absolute Gasteiger partial charge is 0.456 e. The second-order valence-corrected chi connectivity index (χ2v) is 16.5. The predicted octanol–water partition coefficient (Wildman–Crippen LogP) is 16.0. The van der Waals surface area contributed by atoms with Crippen LogP contribution in [-0.4, -0.2) is 0 Å². The summed E-state index contributed by atoms with van der Waals surface area (Å²) in [5.41, 5.74) is 14.6. The minimum absolute atomic E-state index is 0.219. The lowest BCUT2D eigenvalue weighted by Gasteiger charge is -2.27. The van der Waals surface area contributed by atoms with Crippen LogP contribution in [0, 0.1) is 0 Å². The molecule has 0 aliphatic heterocycles. The average molecular weight is 760 g/mol. The van der Waals surface area contributed by atoms with Crippen molar-refractivity contribution >= 4 is 81.3 Å². The van der Waals surface area contributed by atoms with E-state index >= 15 is 0 Å². The molecule has 2 heterocycles. The highest BCUT2D eigenvalue weighted by molar-refractivity contribution is 7.26. The van der Waals surface area contributed by atoms with Crippen LogP contribution in [0.4, 0.5) is 17.1 Å². The first-order valence-corrected chi connectivity index (χ1v) is 21.0. The van der Waals surface area contributed by atoms with Crippen LogP contribution < -0.4 is 4.90 Å². The van der Waals surface area contributed by atoms with Gasteiger partial charge in [0.25, 0.3) is 0 Å². The molecule has 0 N–H and O–H groups in total. The number of aryl methyl sites for hydroxylation is 1. The third-order valence-corrected chi connectivity index (χ3v) is 13.5. The van der Waals surface area contributed by atoms with Gasteiger partial charge in [-0.2, -0.15) is 0 Å². The number of furan rings is 1. The molecular formula is C55H37NOS. The molecule has 0 fully saturated rings. The zero-order valence-electron chi connectivity index (χ0n) is 31.7. The maximum atomic E-state index is 6.73. The normalized spacial score (nSPS) is 13.9. The molecule has 9 aromatic carbocycles. The molecule has 0 saturated heterocycles. The van der Waals surface area contributed by atoms with E-state index in [0.29, 0.717) is 0 Å². The summed E-state index contributed by atoms with van der Waals surface area (Å²) >= 11 is 1.90. The van der Waals surface area contributed by atoms with Crippen LogP contribution in [-0.2, 0) is 6.42 Å². The Morgan fingerprint density at radius 2 is 1.17 bits per heavy atom. The first-order chi connectivity index (χ1) is 28.8. The van der Waals surface area contributed by atoms with Crippen molar-refractivity contribution in [1.29, 1.82) is 0 Å². The van der Waals surface area contributed by atoms with Crippen LogP contribution in [0.2, 0.25) is 0 Å². The molecule has 1 unspecified atom stereocenters. The van der Waals surface area contributed by atoms with E-state index < -0.39 is 0 Å². The monoisotopic (exact) mass is 759 g/mol. The molecule has 58 heavy (non-hydrogen) atoms. The molecule has 2 aromatic heterocycles. The van der Waals surface area contributed by atoms with Crippen LogP contribution in [0.25, 0.3) is 75.1 Å². The lowest BCUT2D eigenvalue weighted by atomic mass is 9.83. The van der Waals surface area contributed by atoms with E-state index in [-0.39, 0.29) is 5.92 Å². The van der Waals surface area contributed by atoms with Crippen molar-refractivity contribution in [3.05, 3.63) is 211 Å². The Labute approximate surface area is 340 Å². The van der Waals surface area contributed by atoms with Gasteiger partial charge >= 0.3 is 0 Å². The summed E-state index contributed by atoms with van der Waals surface area (Å²) in [7, 11) is 0. The van der Waals surface area contributed by atoms with Gasteiger partial charge in [0.2, 0.25) is 0 Å². The highest BCUT2D eigenvalue weighted by Gasteiger charge is 2.30. The Morgan fingerprint density at radius 3 is 2.07 bits per heavy atom. The maximum Gasteiger partial charge on any atom is 0.136 e. The number of hydrogen-bond acceptors (Lipinski definition) is 3. The molecular weight excluding hydrogens is 723 g/mol. The molecule has 0 spiro atoms. The highest BCUT2D eigenvalue weighted by atomic mass is 32.1. The Kier molecular flexibility index (Phi) is 7.64. The number of hydrogen-bond donors (Lipinski definition) is 0. The SMILES string of the molecule is c1ccc(N(c2ccc(C3CCc4cc5oc6ccccc6c5c(-c5cccc6c5sc5ccccc56)c4-c4ccccc43)cc2)c2cccc3ccccc23)cc1. The lowest BCUT2D eigenvalue weighted by molar-refractivity contribution is 0.667. The molecule has 11 aromatic rings. The second kappa shape index (κ2) is 13.3. The topological polar surface area (TPSA) is 16.4 Å². The number of benzene rings is 9. The zero-order chi connectivity index (χ0) is 38.2. The first kappa shape index (κ1) is 33.2. The molecule has 1 aliphatic carbocycles. The fraction of sp³-hybridized carbons (Fsp3) is 0.0545. The van der Waals surface area contributed by atoms with E-state index in [1.807, 2.05) is 11.3 Å². The van der Waals surface area contributed by atoms with Gasteiger partial charge in [-0.05, 0) is 94.6 Å². The van der Waals surface area contributed by atoms with Crippen molar-refractivity contribution in [1.82, 2.24) is 0 Å². The van der Waals surface area contributed by atoms with Gasteiger partial charge in [0, 0.05) is 64.8 Å². The minimum atomic E-state index is 0.219. The minimum Gasteiger partial charge on any atom is -0.456 e. The second-order valence-electron chi connectivity index (χ2n) is 15.5. The fourth-order valence-electron chi connectivity index (χ4n) is 9.75. The summed E-state index contributed by atoms with van der Waals surface area (Å²) in [5.74, 6) is 0.219. The molecule has 0 bridgehead atoms. The molecule has 2 nitrogen and oxygen atoms in total. The fourth-order valence-corrected chi connectivity index (χ4v) is 11.0. The van der Waals surface area contributed by atoms with Gasteiger partial charge in [0.1, 0.15) is 11.2 Å². The van der Waals surface area contributed by atoms with E-state index in [1.54, 1.807) is 0 Å². The molecule has 0 saturated carbocycles. The Bertz CT molecular complexity index is 3350. The molecule has 0 amide bonds. The summed E-state index contributed by atoms with van der Waals surface area (Å²) in [5, 5.41) is 7.45. The van der Waals surface area contributed by atoms with Gasteiger partial charge in [-0.3, -0.25) is 0 Å². The molecule has 3 heteroatoms. The third kappa shape index (κ3) is 5.17. The summed E-state index contributed by atoms with van der Waals surface area (Å²) < 4.78 is 9.37. The first-order valence-electron chi connectivity index (χ1n) is 20.2. The Balaban J connectivity index is 1.04. The number of rotatable bonds is 5. The van der Waals surface area contributed by atoms with Gasteiger partial charge in [0.05, 0.1) is 5.69 Å². The number of thiophene rings is 1. The van der Waals surface area contributed by atoms with Gasteiger partial charge < -0.3 is 9.32 Å². The van der Waals surface area contributed by atoms with E-state index in [1.165, 1.54) is 81.0 Å². The van der Waals surface area contributed by atoms with Crippen molar-refractivity contribution in [3.8, 4) is 22.3 Å². The quantitative estimate of drug-likeness (QED) is 0.174. The Hall–Kier alpha value is -6.94. The Morgan fingerprint density at radius 1 is 0.500 bits per heavy atom. The van der Waals surface area contributed by atoms with Gasteiger partial charge in [-0.1, -0.05) is 146 Å². The van der Waals surface area contributed by atoms with Crippen molar-refractivity contribution in [2.24, 2.45) is 0 Å². The van der Waals surface area contributed by atoms with Crippen LogP contribution in [0.15, 0.2) is 199 Å². The molecule has 274 valence electrons. The summed E-state index contributed by atoms with van der Waals surface area (Å²) in [6, 6.07) is 71.1. The van der Waals surface area contributed by atoms with Crippen molar-refractivity contribution < 1.29 is 4.42 Å². The van der Waals surface area contributed by atoms with Crippen molar-refractivity contribution in [2.45, 2.75) is 18.8 Å². The van der Waals surface area contributed by atoms with Gasteiger partial charge in [0.15, 0.2) is 0 Å². The predicted molar refractivity (Wildman–Crippen MR) is 246 cm³/mol. The number of fused-ring (bicyclic) bond motifs is 10. The number of para-hydroxylation sites is 2. The van der Waals surface area contributed by atoms with Crippen molar-refractivity contribution in [3.63, 3.8) is 0 Å². The summed E-state index contributed by atoms with van der Waals surface area (Å²) in [6.07, 6.45) is 1.93. The van der Waals surface area contributed by atoms with Gasteiger partial charge in [-0.15, -0.1) is 11.3 Å². The van der Waals surface area contributed by atoms with Crippen LogP contribution in [0.3, 0.4) is 0 Å². The van der Waals surface area contributed by atoms with Crippen LogP contribution >= 0.6 is 11.3 Å². The van der Waals surface area contributed by atoms with E-state index in [4.69, 9.17) is 4.42 Å². The van der Waals surface area contributed by atoms with Gasteiger partial charge in [-0.25, -0.2) is 0 Å². The zero-order valence-corrected chi connectivity index (χ0v) is 32.5. The molecule has 1 atom stereocenters. The average Bonchev–Trinajstić information content (AvgIpc) is 3.81. The third-order valence-electron chi connectivity index (χ3n) is 12.3. The maximum absolute atomic E-state index is 6.73. The van der Waals surface area contributed by atoms with Crippen LogP contribution in [0.1, 0.15) is 29.0 Å². The van der Waals surface area contributed by atoms with Crippen molar-refractivity contribution in [2.75, 3.05) is 4.90 Å². The summed E-state index contributed by atoms with van der Waals surface area (Å²) in [6.45, 7) is 0. The standard InChI is InChI=1S/C55H37NOS/c1-2-16-38(17-3-1)56(48-25-12-15-35-14-4-5-18-41(35)48)39-31-28-36(29-32-39)40-33-30-37-34-50-53(46-22-8-10-26-49(46)57-50)54(52(37)44-21-7-6-19-42(40)44)47-24-13-23-45-43-20-9-11-27-51(43)58-55(45)47/h1-29,31-32,34,40H,30,33H2. The highest BCUT2D eigenvalue weighted by Crippen LogP contribution is 2.52. The van der Waals surface area contributed by atoms with E-state index in [0.717, 1.165) is 40.8 Å². The number of nitrogens with zero attached hydrogens (tertiary/aromatic N) is 1.